The highest BCUT2D eigenvalue weighted by atomic mass is 16.6. The Balaban J connectivity index is 2.02. The predicted molar refractivity (Wildman–Crippen MR) is 80.0 cm³/mol. The molecule has 8 heteroatoms. The molecule has 23 heavy (non-hydrogen) atoms. The molecule has 0 atom stereocenters. The third kappa shape index (κ3) is 3.58. The van der Waals surface area contributed by atoms with Crippen molar-refractivity contribution in [1.82, 2.24) is 5.32 Å². The van der Waals surface area contributed by atoms with Crippen molar-refractivity contribution in [2.75, 3.05) is 7.11 Å². The smallest absolute Gasteiger partial charge is 0.310 e. The van der Waals surface area contributed by atoms with Crippen molar-refractivity contribution in [3.05, 3.63) is 33.9 Å². The fraction of sp³-hybridized carbons (Fsp3) is 0.467. The van der Waals surface area contributed by atoms with Gasteiger partial charge in [0.15, 0.2) is 0 Å². The van der Waals surface area contributed by atoms with Gasteiger partial charge in [0, 0.05) is 30.7 Å². The van der Waals surface area contributed by atoms with Crippen molar-refractivity contribution in [1.29, 1.82) is 0 Å². The van der Waals surface area contributed by atoms with Crippen LogP contribution in [0.1, 0.15) is 31.2 Å². The molecule has 1 aromatic carbocycles. The molecule has 0 aliphatic heterocycles. The van der Waals surface area contributed by atoms with E-state index in [1.165, 1.54) is 25.3 Å². The number of carbonyl (C=O) groups excluding carboxylic acids is 1. The van der Waals surface area contributed by atoms with Crippen molar-refractivity contribution in [3.8, 4) is 5.75 Å². The van der Waals surface area contributed by atoms with E-state index in [0.717, 1.165) is 6.42 Å². The second-order valence-corrected chi connectivity index (χ2v) is 5.65. The number of non-ortho nitro benzene ring substituents is 1. The maximum absolute atomic E-state index is 12.0. The summed E-state index contributed by atoms with van der Waals surface area (Å²) >= 11 is 0. The number of benzene rings is 1. The molecule has 1 aromatic rings. The second-order valence-electron chi connectivity index (χ2n) is 5.65. The highest BCUT2D eigenvalue weighted by molar-refractivity contribution is 5.85. The molecule has 0 spiro atoms. The van der Waals surface area contributed by atoms with Crippen LogP contribution in [-0.4, -0.2) is 29.0 Å². The zero-order chi connectivity index (χ0) is 17.0. The number of nitrogens with zero attached hydrogens (tertiary/aromatic N) is 1. The first-order chi connectivity index (χ1) is 10.9. The number of carboxylic acids is 1. The average molecular weight is 322 g/mol. The lowest BCUT2D eigenvalue weighted by Gasteiger charge is -2.36. The van der Waals surface area contributed by atoms with E-state index in [9.17, 15) is 24.8 Å². The highest BCUT2D eigenvalue weighted by Gasteiger charge is 2.45. The first kappa shape index (κ1) is 16.7. The van der Waals surface area contributed by atoms with Crippen molar-refractivity contribution >= 4 is 17.6 Å². The Labute approximate surface area is 132 Å². The Kier molecular flexibility index (Phi) is 4.83. The number of ether oxygens (including phenoxy) is 1. The fourth-order valence-corrected chi connectivity index (χ4v) is 2.65. The monoisotopic (exact) mass is 322 g/mol. The van der Waals surface area contributed by atoms with Gasteiger partial charge in [-0.05, 0) is 18.9 Å². The summed E-state index contributed by atoms with van der Waals surface area (Å²) in [6, 6.07) is 4.11. The minimum Gasteiger partial charge on any atom is -0.496 e. The van der Waals surface area contributed by atoms with E-state index in [-0.39, 0.29) is 24.6 Å². The van der Waals surface area contributed by atoms with Crippen LogP contribution in [-0.2, 0) is 16.1 Å². The van der Waals surface area contributed by atoms with Gasteiger partial charge in [-0.15, -0.1) is 0 Å². The molecule has 1 amide bonds. The third-order valence-electron chi connectivity index (χ3n) is 4.21. The topological polar surface area (TPSA) is 119 Å². The lowest BCUT2D eigenvalue weighted by atomic mass is 9.66. The van der Waals surface area contributed by atoms with Crippen molar-refractivity contribution in [2.45, 2.75) is 32.2 Å². The Morgan fingerprint density at radius 2 is 2.13 bits per heavy atom. The lowest BCUT2D eigenvalue weighted by molar-refractivity contribution is -0.384. The summed E-state index contributed by atoms with van der Waals surface area (Å²) in [4.78, 5) is 33.5. The van der Waals surface area contributed by atoms with E-state index in [4.69, 9.17) is 4.74 Å². The van der Waals surface area contributed by atoms with Crippen LogP contribution in [0.4, 0.5) is 5.69 Å². The van der Waals surface area contributed by atoms with Crippen molar-refractivity contribution < 1.29 is 24.4 Å². The van der Waals surface area contributed by atoms with Crippen molar-refractivity contribution in [2.24, 2.45) is 5.41 Å². The van der Waals surface area contributed by atoms with E-state index < -0.39 is 16.3 Å². The third-order valence-corrected chi connectivity index (χ3v) is 4.21. The van der Waals surface area contributed by atoms with Gasteiger partial charge in [-0.1, -0.05) is 6.42 Å². The quantitative estimate of drug-likeness (QED) is 0.584. The molecule has 8 nitrogen and oxygen atoms in total. The van der Waals surface area contributed by atoms with Gasteiger partial charge in [0.1, 0.15) is 5.75 Å². The number of carboxylic acid groups (broad SMARTS) is 1. The SMILES string of the molecule is COc1ccc([N+](=O)[O-])cc1CNC(=O)CC1(C(=O)O)CCC1. The van der Waals surface area contributed by atoms with Crippen LogP contribution >= 0.6 is 0 Å². The lowest BCUT2D eigenvalue weighted by Crippen LogP contribution is -2.42. The molecule has 0 saturated heterocycles. The van der Waals surface area contributed by atoms with Crippen LogP contribution in [0, 0.1) is 15.5 Å². The number of nitrogens with one attached hydrogen (secondary N) is 1. The molecule has 2 N–H and O–H groups in total. The van der Waals surface area contributed by atoms with Gasteiger partial charge < -0.3 is 15.2 Å². The molecule has 0 aromatic heterocycles. The number of amides is 1. The fourth-order valence-electron chi connectivity index (χ4n) is 2.65. The number of aliphatic carboxylic acids is 1. The maximum Gasteiger partial charge on any atom is 0.310 e. The molecule has 1 aliphatic carbocycles. The summed E-state index contributed by atoms with van der Waals surface area (Å²) in [6.45, 7) is 0.0411. The maximum atomic E-state index is 12.0. The van der Waals surface area contributed by atoms with Crippen LogP contribution in [0.3, 0.4) is 0 Å². The molecule has 1 aliphatic rings. The van der Waals surface area contributed by atoms with Gasteiger partial charge in [0.25, 0.3) is 5.69 Å². The minimum absolute atomic E-state index is 0.0411. The largest absolute Gasteiger partial charge is 0.496 e. The minimum atomic E-state index is -0.961. The number of rotatable bonds is 7. The average Bonchev–Trinajstić information content (AvgIpc) is 2.47. The second kappa shape index (κ2) is 6.64. The zero-order valence-electron chi connectivity index (χ0n) is 12.7. The van der Waals surface area contributed by atoms with Gasteiger partial charge in [-0.25, -0.2) is 0 Å². The van der Waals surface area contributed by atoms with Crippen LogP contribution < -0.4 is 10.1 Å². The molecule has 0 unspecified atom stereocenters. The van der Waals surface area contributed by atoms with E-state index in [1.807, 2.05) is 0 Å². The molecule has 2 rings (SSSR count). The molecule has 0 bridgehead atoms. The summed E-state index contributed by atoms with van der Waals surface area (Å²) in [5, 5.41) is 22.6. The van der Waals surface area contributed by atoms with Crippen molar-refractivity contribution in [3.63, 3.8) is 0 Å². The Morgan fingerprint density at radius 1 is 1.43 bits per heavy atom. The summed E-state index contributed by atoms with van der Waals surface area (Å²) in [6.07, 6.45) is 1.71. The molecular formula is C15H18N2O6. The van der Waals surface area contributed by atoms with Gasteiger partial charge in [-0.2, -0.15) is 0 Å². The van der Waals surface area contributed by atoms with E-state index >= 15 is 0 Å². The molecular weight excluding hydrogens is 304 g/mol. The normalized spacial score (nSPS) is 15.3. The van der Waals surface area contributed by atoms with Gasteiger partial charge >= 0.3 is 5.97 Å². The predicted octanol–water partition coefficient (Wildman–Crippen LogP) is 1.86. The Morgan fingerprint density at radius 3 is 2.61 bits per heavy atom. The van der Waals surface area contributed by atoms with E-state index in [0.29, 0.717) is 24.2 Å². The number of methoxy groups -OCH3 is 1. The van der Waals surface area contributed by atoms with Crippen LogP contribution in [0.15, 0.2) is 18.2 Å². The van der Waals surface area contributed by atoms with Crippen LogP contribution in [0.2, 0.25) is 0 Å². The summed E-state index contributed by atoms with van der Waals surface area (Å²) in [5.74, 6) is -0.917. The summed E-state index contributed by atoms with van der Waals surface area (Å²) in [7, 11) is 1.43. The van der Waals surface area contributed by atoms with Gasteiger partial charge in [0.05, 0.1) is 17.4 Å². The van der Waals surface area contributed by atoms with Crippen LogP contribution in [0.25, 0.3) is 0 Å². The first-order valence-electron chi connectivity index (χ1n) is 7.19. The molecule has 1 fully saturated rings. The van der Waals surface area contributed by atoms with E-state index in [1.54, 1.807) is 0 Å². The Hall–Kier alpha value is -2.64. The molecule has 124 valence electrons. The standard InChI is InChI=1S/C15H18N2O6/c1-23-12-4-3-11(17(21)22)7-10(12)9-16-13(18)8-15(14(19)20)5-2-6-15/h3-4,7H,2,5-6,8-9H2,1H3,(H,16,18)(H,19,20). The van der Waals surface area contributed by atoms with Gasteiger partial charge in [-0.3, -0.25) is 19.7 Å². The highest BCUT2D eigenvalue weighted by Crippen LogP contribution is 2.44. The first-order valence-corrected chi connectivity index (χ1v) is 7.19. The van der Waals surface area contributed by atoms with Gasteiger partial charge in [0.2, 0.25) is 5.91 Å². The van der Waals surface area contributed by atoms with E-state index in [2.05, 4.69) is 5.32 Å². The summed E-state index contributed by atoms with van der Waals surface area (Å²) < 4.78 is 5.12. The summed E-state index contributed by atoms with van der Waals surface area (Å²) in [5.41, 5.74) is -0.597. The number of carbonyl (C=O) groups is 2. The number of hydrogen-bond acceptors (Lipinski definition) is 5. The number of hydrogen-bond donors (Lipinski definition) is 2. The zero-order valence-corrected chi connectivity index (χ0v) is 12.7. The Bertz CT molecular complexity index is 639. The molecule has 1 saturated carbocycles. The van der Waals surface area contributed by atoms with Crippen LogP contribution in [0.5, 0.6) is 5.75 Å². The number of nitro groups is 1. The number of nitro benzene ring substituents is 1. The molecule has 0 radical (unpaired) electrons. The molecule has 0 heterocycles.